The second kappa shape index (κ2) is 4.93. The number of halogens is 3. The molecule has 0 aliphatic carbocycles. The Morgan fingerprint density at radius 2 is 1.73 bits per heavy atom. The summed E-state index contributed by atoms with van der Waals surface area (Å²) in [6.07, 6.45) is -0.168. The highest BCUT2D eigenvalue weighted by Gasteiger charge is 2.12. The molecule has 0 radical (unpaired) electrons. The van der Waals surface area contributed by atoms with Gasteiger partial charge in [-0.3, -0.25) is 4.79 Å². The number of carbonyl (C=O) groups is 1. The summed E-state index contributed by atoms with van der Waals surface area (Å²) in [5.74, 6) is -3.64. The minimum absolute atomic E-state index is 0.0957. The van der Waals surface area contributed by atoms with Crippen molar-refractivity contribution in [3.05, 3.63) is 35.1 Å². The van der Waals surface area contributed by atoms with Crippen molar-refractivity contribution in [2.24, 2.45) is 5.73 Å². The minimum atomic E-state index is -1.26. The highest BCUT2D eigenvalue weighted by molar-refractivity contribution is 5.81. The van der Waals surface area contributed by atoms with Gasteiger partial charge >= 0.3 is 0 Å². The molecule has 0 amide bonds. The molecular weight excluding hydrogens is 207 g/mol. The second-order valence-electron chi connectivity index (χ2n) is 3.11. The summed E-state index contributed by atoms with van der Waals surface area (Å²) in [5.41, 5.74) is 4.98. The number of carbonyl (C=O) groups excluding carboxylic acids is 1. The molecule has 1 rings (SSSR count). The topological polar surface area (TPSA) is 43.1 Å². The van der Waals surface area contributed by atoms with Crippen LogP contribution >= 0.6 is 0 Å². The number of Topliss-reactive ketones (excluding diaryl/α,β-unsaturated/α-hetero) is 1. The normalized spacial score (nSPS) is 10.4. The average Bonchev–Trinajstić information content (AvgIpc) is 2.14. The fourth-order valence-electron chi connectivity index (χ4n) is 1.16. The van der Waals surface area contributed by atoms with E-state index in [9.17, 15) is 18.0 Å². The maximum absolute atomic E-state index is 13.0. The van der Waals surface area contributed by atoms with Crippen LogP contribution in [0.2, 0.25) is 0 Å². The van der Waals surface area contributed by atoms with Gasteiger partial charge in [0, 0.05) is 18.9 Å². The number of rotatable bonds is 4. The van der Waals surface area contributed by atoms with E-state index in [2.05, 4.69) is 0 Å². The summed E-state index contributed by atoms with van der Waals surface area (Å²) in [6, 6.07) is 1.12. The Morgan fingerprint density at radius 1 is 1.13 bits per heavy atom. The fraction of sp³-hybridized carbons (Fsp3) is 0.300. The lowest BCUT2D eigenvalue weighted by Gasteiger charge is -2.03. The molecule has 0 bridgehead atoms. The first kappa shape index (κ1) is 11.7. The largest absolute Gasteiger partial charge is 0.330 e. The molecule has 0 aromatic heterocycles. The van der Waals surface area contributed by atoms with Crippen molar-refractivity contribution in [2.45, 2.75) is 12.8 Å². The lowest BCUT2D eigenvalue weighted by atomic mass is 10.1. The number of hydrogen-bond donors (Lipinski definition) is 1. The van der Waals surface area contributed by atoms with Crippen LogP contribution in [0.1, 0.15) is 12.0 Å². The zero-order valence-corrected chi connectivity index (χ0v) is 7.90. The maximum Gasteiger partial charge on any atom is 0.161 e. The quantitative estimate of drug-likeness (QED) is 0.778. The SMILES string of the molecule is NCCC(=O)Cc1cc(F)c(F)cc1F. The third kappa shape index (κ3) is 3.06. The Balaban J connectivity index is 2.86. The van der Waals surface area contributed by atoms with Gasteiger partial charge in [-0.25, -0.2) is 13.2 Å². The van der Waals surface area contributed by atoms with Gasteiger partial charge in [-0.1, -0.05) is 0 Å². The van der Waals surface area contributed by atoms with Crippen LogP contribution < -0.4 is 5.73 Å². The zero-order valence-electron chi connectivity index (χ0n) is 7.90. The van der Waals surface area contributed by atoms with Crippen LogP contribution in [-0.4, -0.2) is 12.3 Å². The smallest absolute Gasteiger partial charge is 0.161 e. The van der Waals surface area contributed by atoms with Crippen LogP contribution in [-0.2, 0) is 11.2 Å². The molecule has 0 fully saturated rings. The lowest BCUT2D eigenvalue weighted by molar-refractivity contribution is -0.118. The fourth-order valence-corrected chi connectivity index (χ4v) is 1.16. The highest BCUT2D eigenvalue weighted by atomic mass is 19.2. The summed E-state index contributed by atoms with van der Waals surface area (Å²) in [4.78, 5) is 11.1. The molecule has 0 spiro atoms. The van der Waals surface area contributed by atoms with Gasteiger partial charge in [-0.15, -0.1) is 0 Å². The van der Waals surface area contributed by atoms with E-state index in [1.54, 1.807) is 0 Å². The molecule has 15 heavy (non-hydrogen) atoms. The highest BCUT2D eigenvalue weighted by Crippen LogP contribution is 2.14. The molecule has 0 aliphatic heterocycles. The van der Waals surface area contributed by atoms with E-state index in [1.807, 2.05) is 0 Å². The van der Waals surface area contributed by atoms with Crippen LogP contribution in [0, 0.1) is 17.5 Å². The Bertz CT molecular complexity index is 379. The number of hydrogen-bond acceptors (Lipinski definition) is 2. The van der Waals surface area contributed by atoms with E-state index in [0.29, 0.717) is 12.1 Å². The standard InChI is InChI=1S/C10H10F3NO/c11-8-5-10(13)9(12)4-6(8)3-7(15)1-2-14/h4-5H,1-3,14H2. The predicted octanol–water partition coefficient (Wildman–Crippen LogP) is 1.56. The first-order valence-corrected chi connectivity index (χ1v) is 4.39. The van der Waals surface area contributed by atoms with Crippen LogP contribution in [0.25, 0.3) is 0 Å². The van der Waals surface area contributed by atoms with Crippen molar-refractivity contribution < 1.29 is 18.0 Å². The Morgan fingerprint density at radius 3 is 2.33 bits per heavy atom. The first-order valence-electron chi connectivity index (χ1n) is 4.39. The summed E-state index contributed by atoms with van der Waals surface area (Å²) in [6.45, 7) is 0.157. The summed E-state index contributed by atoms with van der Waals surface area (Å²) < 4.78 is 38.3. The van der Waals surface area contributed by atoms with Crippen LogP contribution in [0.3, 0.4) is 0 Å². The zero-order chi connectivity index (χ0) is 11.4. The van der Waals surface area contributed by atoms with Gasteiger partial charge in [0.1, 0.15) is 11.6 Å². The van der Waals surface area contributed by atoms with Gasteiger partial charge in [0.2, 0.25) is 0 Å². The van der Waals surface area contributed by atoms with Gasteiger partial charge in [-0.2, -0.15) is 0 Å². The van der Waals surface area contributed by atoms with Crippen molar-refractivity contribution >= 4 is 5.78 Å². The molecular formula is C10H10F3NO. The Hall–Kier alpha value is -1.36. The van der Waals surface area contributed by atoms with Gasteiger partial charge in [0.05, 0.1) is 0 Å². The molecule has 1 aromatic carbocycles. The first-order chi connectivity index (χ1) is 7.04. The second-order valence-corrected chi connectivity index (χ2v) is 3.11. The van der Waals surface area contributed by atoms with E-state index in [4.69, 9.17) is 5.73 Å². The van der Waals surface area contributed by atoms with E-state index < -0.39 is 17.5 Å². The number of ketones is 1. The van der Waals surface area contributed by atoms with Gasteiger partial charge in [0.25, 0.3) is 0 Å². The van der Waals surface area contributed by atoms with E-state index in [0.717, 1.165) is 0 Å². The van der Waals surface area contributed by atoms with Gasteiger partial charge in [-0.05, 0) is 18.2 Å². The monoisotopic (exact) mass is 217 g/mol. The molecule has 0 saturated carbocycles. The molecule has 5 heteroatoms. The third-order valence-electron chi connectivity index (χ3n) is 1.90. The van der Waals surface area contributed by atoms with Gasteiger partial charge in [0.15, 0.2) is 11.6 Å². The molecule has 1 aromatic rings. The van der Waals surface area contributed by atoms with Crippen molar-refractivity contribution in [1.29, 1.82) is 0 Å². The number of nitrogens with two attached hydrogens (primary N) is 1. The third-order valence-corrected chi connectivity index (χ3v) is 1.90. The number of benzene rings is 1. The van der Waals surface area contributed by atoms with Crippen molar-refractivity contribution in [3.63, 3.8) is 0 Å². The molecule has 0 saturated heterocycles. The Labute approximate surface area is 84.9 Å². The summed E-state index contributed by atoms with van der Waals surface area (Å²) in [7, 11) is 0. The van der Waals surface area contributed by atoms with Crippen LogP contribution in [0.5, 0.6) is 0 Å². The van der Waals surface area contributed by atoms with Crippen LogP contribution in [0.4, 0.5) is 13.2 Å². The van der Waals surface area contributed by atoms with E-state index in [1.165, 1.54) is 0 Å². The minimum Gasteiger partial charge on any atom is -0.330 e. The van der Waals surface area contributed by atoms with E-state index >= 15 is 0 Å². The summed E-state index contributed by atoms with van der Waals surface area (Å²) in [5, 5.41) is 0. The van der Waals surface area contributed by atoms with Crippen molar-refractivity contribution in [1.82, 2.24) is 0 Å². The molecule has 2 N–H and O–H groups in total. The Kier molecular flexibility index (Phi) is 3.85. The van der Waals surface area contributed by atoms with E-state index in [-0.39, 0.29) is 30.7 Å². The van der Waals surface area contributed by atoms with Crippen molar-refractivity contribution in [3.8, 4) is 0 Å². The molecule has 2 nitrogen and oxygen atoms in total. The molecule has 0 unspecified atom stereocenters. The molecule has 0 aliphatic rings. The molecule has 82 valence electrons. The predicted molar refractivity (Wildman–Crippen MR) is 48.7 cm³/mol. The molecule has 0 heterocycles. The van der Waals surface area contributed by atoms with Gasteiger partial charge < -0.3 is 5.73 Å². The van der Waals surface area contributed by atoms with Crippen LogP contribution in [0.15, 0.2) is 12.1 Å². The average molecular weight is 217 g/mol. The lowest BCUT2D eigenvalue weighted by Crippen LogP contribution is -2.11. The summed E-state index contributed by atoms with van der Waals surface area (Å²) >= 11 is 0. The molecule has 0 atom stereocenters. The van der Waals surface area contributed by atoms with Crippen molar-refractivity contribution in [2.75, 3.05) is 6.54 Å². The maximum atomic E-state index is 13.0.